The average Bonchev–Trinajstić information content (AvgIpc) is 2.79. The first-order chi connectivity index (χ1) is 15.6. The first kappa shape index (κ1) is 23.3. The lowest BCUT2D eigenvalue weighted by Crippen LogP contribution is -2.49. The highest BCUT2D eigenvalue weighted by molar-refractivity contribution is 7.90. The average molecular weight is 483 g/mol. The Labute approximate surface area is 200 Å². The minimum absolute atomic E-state index is 0.149. The van der Waals surface area contributed by atoms with Crippen LogP contribution in [0.15, 0.2) is 65.6 Å². The van der Waals surface area contributed by atoms with E-state index in [2.05, 4.69) is 11.0 Å². The van der Waals surface area contributed by atoms with Crippen LogP contribution < -0.4 is 4.90 Å². The van der Waals surface area contributed by atoms with Crippen LogP contribution in [0.1, 0.15) is 21.5 Å². The van der Waals surface area contributed by atoms with Gasteiger partial charge in [-0.15, -0.1) is 0 Å². The van der Waals surface area contributed by atoms with Gasteiger partial charge in [-0.1, -0.05) is 47.5 Å². The zero-order valence-electron chi connectivity index (χ0n) is 19.0. The van der Waals surface area contributed by atoms with E-state index >= 15 is 0 Å². The van der Waals surface area contributed by atoms with Gasteiger partial charge in [-0.05, 0) is 60.9 Å². The highest BCUT2D eigenvalue weighted by Crippen LogP contribution is 2.29. The summed E-state index contributed by atoms with van der Waals surface area (Å²) in [6.45, 7) is 6.46. The second-order valence-corrected chi connectivity index (χ2v) is 11.0. The molecule has 3 aromatic carbocycles. The number of hydrogen-bond acceptors (Lipinski definition) is 4. The molecule has 7 heteroatoms. The summed E-state index contributed by atoms with van der Waals surface area (Å²) in [7, 11) is -3.44. The summed E-state index contributed by atoms with van der Waals surface area (Å²) in [6, 6.07) is 18.7. The molecule has 0 saturated carbocycles. The fourth-order valence-corrected chi connectivity index (χ4v) is 4.92. The summed E-state index contributed by atoms with van der Waals surface area (Å²) in [6.07, 6.45) is 1.16. The minimum atomic E-state index is -3.44. The zero-order valence-corrected chi connectivity index (χ0v) is 20.6. The Kier molecular flexibility index (Phi) is 6.50. The summed E-state index contributed by atoms with van der Waals surface area (Å²) in [4.78, 5) is 17.8. The summed E-state index contributed by atoms with van der Waals surface area (Å²) in [5.41, 5.74) is 5.24. The Morgan fingerprint density at radius 1 is 0.909 bits per heavy atom. The molecular formula is C26H27ClN2O3S. The molecule has 1 fully saturated rings. The van der Waals surface area contributed by atoms with Gasteiger partial charge in [-0.25, -0.2) is 8.42 Å². The van der Waals surface area contributed by atoms with Crippen LogP contribution in [0.3, 0.4) is 0 Å². The standard InChI is InChI=1S/C26H27ClN2O3S/c1-18-5-4-6-20(15-18)23-9-8-22(33(3,31)32)17-24(23)26(30)29-13-11-28(12-14-29)21-7-10-25(27)19(2)16-21/h4-10,15-17H,11-14H2,1-3H3. The summed E-state index contributed by atoms with van der Waals surface area (Å²) in [5.74, 6) is -0.149. The van der Waals surface area contributed by atoms with E-state index in [4.69, 9.17) is 11.6 Å². The molecule has 1 saturated heterocycles. The summed E-state index contributed by atoms with van der Waals surface area (Å²) >= 11 is 6.16. The van der Waals surface area contributed by atoms with Crippen molar-refractivity contribution in [1.82, 2.24) is 4.90 Å². The van der Waals surface area contributed by atoms with Crippen molar-refractivity contribution in [3.8, 4) is 11.1 Å². The van der Waals surface area contributed by atoms with Gasteiger partial charge in [0.2, 0.25) is 0 Å². The van der Waals surface area contributed by atoms with Gasteiger partial charge in [0.1, 0.15) is 0 Å². The second-order valence-electron chi connectivity index (χ2n) is 8.56. The SMILES string of the molecule is Cc1cccc(-c2ccc(S(C)(=O)=O)cc2C(=O)N2CCN(c3ccc(Cl)c(C)c3)CC2)c1. The van der Waals surface area contributed by atoms with Crippen molar-refractivity contribution >= 4 is 33.0 Å². The lowest BCUT2D eigenvalue weighted by molar-refractivity contribution is 0.0747. The van der Waals surface area contributed by atoms with Gasteiger partial charge >= 0.3 is 0 Å². The molecule has 0 radical (unpaired) electrons. The third kappa shape index (κ3) is 5.07. The van der Waals surface area contributed by atoms with Crippen molar-refractivity contribution in [3.63, 3.8) is 0 Å². The van der Waals surface area contributed by atoms with Crippen LogP contribution in [0.5, 0.6) is 0 Å². The number of nitrogens with zero attached hydrogens (tertiary/aromatic N) is 2. The first-order valence-electron chi connectivity index (χ1n) is 10.8. The second kappa shape index (κ2) is 9.20. The predicted octanol–water partition coefficient (Wildman–Crippen LogP) is 4.99. The van der Waals surface area contributed by atoms with Crippen LogP contribution in [0, 0.1) is 13.8 Å². The number of halogens is 1. The van der Waals surface area contributed by atoms with E-state index in [1.54, 1.807) is 17.0 Å². The number of carbonyl (C=O) groups is 1. The molecule has 1 amide bonds. The molecule has 1 heterocycles. The number of anilines is 1. The molecule has 1 aliphatic heterocycles. The maximum atomic E-state index is 13.6. The lowest BCUT2D eigenvalue weighted by Gasteiger charge is -2.36. The molecule has 0 aromatic heterocycles. The Hall–Kier alpha value is -2.83. The Morgan fingerprint density at radius 2 is 1.64 bits per heavy atom. The van der Waals surface area contributed by atoms with E-state index in [0.717, 1.165) is 39.2 Å². The molecule has 0 bridgehead atoms. The number of piperazine rings is 1. The van der Waals surface area contributed by atoms with E-state index in [0.29, 0.717) is 31.7 Å². The van der Waals surface area contributed by atoms with Crippen LogP contribution >= 0.6 is 11.6 Å². The zero-order chi connectivity index (χ0) is 23.8. The van der Waals surface area contributed by atoms with Crippen LogP contribution in [-0.2, 0) is 9.84 Å². The molecule has 1 aliphatic rings. The summed E-state index contributed by atoms with van der Waals surface area (Å²) in [5, 5.41) is 0.738. The Morgan fingerprint density at radius 3 is 2.27 bits per heavy atom. The van der Waals surface area contributed by atoms with E-state index in [1.165, 1.54) is 6.07 Å². The fraction of sp³-hybridized carbons (Fsp3) is 0.269. The van der Waals surface area contributed by atoms with Crippen molar-refractivity contribution < 1.29 is 13.2 Å². The third-order valence-electron chi connectivity index (χ3n) is 6.05. The van der Waals surface area contributed by atoms with Crippen molar-refractivity contribution in [2.45, 2.75) is 18.7 Å². The molecule has 0 unspecified atom stereocenters. The molecule has 3 aromatic rings. The molecule has 172 valence electrons. The number of benzene rings is 3. The molecule has 4 rings (SSSR count). The fourth-order valence-electron chi connectivity index (χ4n) is 4.16. The Bertz CT molecular complexity index is 1310. The first-order valence-corrected chi connectivity index (χ1v) is 13.1. The van der Waals surface area contributed by atoms with Crippen molar-refractivity contribution in [1.29, 1.82) is 0 Å². The quantitative estimate of drug-likeness (QED) is 0.525. The summed E-state index contributed by atoms with van der Waals surface area (Å²) < 4.78 is 24.4. The van der Waals surface area contributed by atoms with E-state index in [1.807, 2.05) is 50.2 Å². The smallest absolute Gasteiger partial charge is 0.254 e. The monoisotopic (exact) mass is 482 g/mol. The maximum Gasteiger partial charge on any atom is 0.254 e. The topological polar surface area (TPSA) is 57.7 Å². The minimum Gasteiger partial charge on any atom is -0.368 e. The predicted molar refractivity (Wildman–Crippen MR) is 134 cm³/mol. The van der Waals surface area contributed by atoms with Gasteiger partial charge in [-0.3, -0.25) is 4.79 Å². The maximum absolute atomic E-state index is 13.6. The molecule has 0 aliphatic carbocycles. The number of carbonyl (C=O) groups excluding carboxylic acids is 1. The number of amides is 1. The molecule has 0 atom stereocenters. The van der Waals surface area contributed by atoms with Gasteiger partial charge in [0.25, 0.3) is 5.91 Å². The Balaban J connectivity index is 1.62. The molecule has 0 spiro atoms. The highest BCUT2D eigenvalue weighted by Gasteiger charge is 2.26. The van der Waals surface area contributed by atoms with Crippen LogP contribution in [0.4, 0.5) is 5.69 Å². The van der Waals surface area contributed by atoms with Gasteiger partial charge in [-0.2, -0.15) is 0 Å². The van der Waals surface area contributed by atoms with Gasteiger partial charge in [0.05, 0.1) is 4.90 Å². The van der Waals surface area contributed by atoms with Crippen molar-refractivity contribution in [2.24, 2.45) is 0 Å². The third-order valence-corrected chi connectivity index (χ3v) is 7.59. The van der Waals surface area contributed by atoms with Crippen LogP contribution in [0.25, 0.3) is 11.1 Å². The highest BCUT2D eigenvalue weighted by atomic mass is 35.5. The normalized spacial score (nSPS) is 14.4. The molecular weight excluding hydrogens is 456 g/mol. The van der Waals surface area contributed by atoms with Gasteiger partial charge in [0, 0.05) is 48.7 Å². The van der Waals surface area contributed by atoms with Crippen molar-refractivity contribution in [2.75, 3.05) is 37.3 Å². The molecule has 0 N–H and O–H groups in total. The largest absolute Gasteiger partial charge is 0.368 e. The van der Waals surface area contributed by atoms with E-state index < -0.39 is 9.84 Å². The number of rotatable bonds is 4. The molecule has 5 nitrogen and oxygen atoms in total. The van der Waals surface area contributed by atoms with Gasteiger partial charge in [0.15, 0.2) is 9.84 Å². The van der Waals surface area contributed by atoms with Crippen molar-refractivity contribution in [3.05, 3.63) is 82.4 Å². The number of sulfone groups is 1. The molecule has 33 heavy (non-hydrogen) atoms. The van der Waals surface area contributed by atoms with E-state index in [-0.39, 0.29) is 10.8 Å². The number of hydrogen-bond donors (Lipinski definition) is 0. The van der Waals surface area contributed by atoms with E-state index in [9.17, 15) is 13.2 Å². The van der Waals surface area contributed by atoms with Crippen LogP contribution in [-0.4, -0.2) is 51.7 Å². The van der Waals surface area contributed by atoms with Gasteiger partial charge < -0.3 is 9.80 Å². The van der Waals surface area contributed by atoms with Crippen LogP contribution in [0.2, 0.25) is 5.02 Å². The lowest BCUT2D eigenvalue weighted by atomic mass is 9.97. The number of aryl methyl sites for hydroxylation is 2.